The fourth-order valence-electron chi connectivity index (χ4n) is 4.15. The highest BCUT2D eigenvalue weighted by Crippen LogP contribution is 2.27. The van der Waals surface area contributed by atoms with Gasteiger partial charge in [0.2, 0.25) is 15.8 Å². The van der Waals surface area contributed by atoms with Gasteiger partial charge in [0.25, 0.3) is 0 Å². The fraction of sp³-hybridized carbons (Fsp3) is 0.407. The van der Waals surface area contributed by atoms with Crippen LogP contribution in [0, 0.1) is 0 Å². The summed E-state index contributed by atoms with van der Waals surface area (Å²) in [6.07, 6.45) is 1.22. The number of para-hydroxylation sites is 1. The third-order valence-corrected chi connectivity index (χ3v) is 8.51. The molecule has 198 valence electrons. The van der Waals surface area contributed by atoms with Crippen molar-refractivity contribution in [1.29, 1.82) is 0 Å². The number of hydrogen-bond donors (Lipinski definition) is 0. The minimum atomic E-state index is -3.34. The molecule has 0 bridgehead atoms. The van der Waals surface area contributed by atoms with E-state index in [0.29, 0.717) is 50.8 Å². The highest BCUT2D eigenvalue weighted by Gasteiger charge is 2.31. The average Bonchev–Trinajstić information content (AvgIpc) is 2.91. The maximum absolute atomic E-state index is 13.6. The second-order valence-corrected chi connectivity index (χ2v) is 11.8. The first kappa shape index (κ1) is 26.8. The zero-order valence-electron chi connectivity index (χ0n) is 21.5. The molecular formula is C27H34N4O5S. The summed E-state index contributed by atoms with van der Waals surface area (Å²) in [5.74, 6) is 0.176. The van der Waals surface area contributed by atoms with Crippen LogP contribution in [0.1, 0.15) is 26.3 Å². The number of aromatic nitrogens is 2. The standard InChI is InChI=1S/C27H34N4O5S/c1-21(2)37(33,34)30-16-14-29(15-17-30)25-18-28-31(24-12-8-5-9-13-24)27(32)26(25)36-22(3)19-35-20-23-10-6-4-7-11-23/h4-13,18,21-22H,14-17,19-20H2,1-3H3/t22-/m1/s1. The van der Waals surface area contributed by atoms with Gasteiger partial charge in [0.1, 0.15) is 11.8 Å². The van der Waals surface area contributed by atoms with E-state index in [-0.39, 0.29) is 11.3 Å². The maximum Gasteiger partial charge on any atom is 0.316 e. The smallest absolute Gasteiger partial charge is 0.316 e. The summed E-state index contributed by atoms with van der Waals surface area (Å²) >= 11 is 0. The van der Waals surface area contributed by atoms with E-state index in [1.165, 1.54) is 8.99 Å². The molecule has 0 saturated carbocycles. The first-order valence-electron chi connectivity index (χ1n) is 12.5. The van der Waals surface area contributed by atoms with E-state index in [1.54, 1.807) is 32.2 Å². The predicted octanol–water partition coefficient (Wildman–Crippen LogP) is 3.08. The Labute approximate surface area is 218 Å². The lowest BCUT2D eigenvalue weighted by molar-refractivity contribution is 0.0486. The number of hydrogen-bond acceptors (Lipinski definition) is 7. The molecule has 1 saturated heterocycles. The van der Waals surface area contributed by atoms with E-state index in [9.17, 15) is 13.2 Å². The van der Waals surface area contributed by atoms with Crippen molar-refractivity contribution in [2.75, 3.05) is 37.7 Å². The summed E-state index contributed by atoms with van der Waals surface area (Å²) in [5, 5.41) is 3.93. The Hall–Kier alpha value is -3.21. The van der Waals surface area contributed by atoms with Gasteiger partial charge in [-0.2, -0.15) is 14.1 Å². The summed E-state index contributed by atoms with van der Waals surface area (Å²) in [6.45, 7) is 7.48. The molecule has 0 radical (unpaired) electrons. The van der Waals surface area contributed by atoms with Crippen LogP contribution in [0.2, 0.25) is 0 Å². The Kier molecular flexibility index (Phi) is 8.63. The Morgan fingerprint density at radius 3 is 2.16 bits per heavy atom. The molecule has 0 unspecified atom stereocenters. The molecule has 0 amide bonds. The maximum atomic E-state index is 13.6. The van der Waals surface area contributed by atoms with Gasteiger partial charge in [0.05, 0.1) is 30.3 Å². The van der Waals surface area contributed by atoms with Crippen molar-refractivity contribution in [2.24, 2.45) is 0 Å². The minimum absolute atomic E-state index is 0.176. The molecule has 1 fully saturated rings. The number of ether oxygens (including phenoxy) is 2. The van der Waals surface area contributed by atoms with Crippen molar-refractivity contribution in [2.45, 2.75) is 38.7 Å². The number of anilines is 1. The Morgan fingerprint density at radius 1 is 0.919 bits per heavy atom. The second-order valence-electron chi connectivity index (χ2n) is 9.32. The fourth-order valence-corrected chi connectivity index (χ4v) is 5.42. The van der Waals surface area contributed by atoms with Gasteiger partial charge in [-0.3, -0.25) is 4.79 Å². The van der Waals surface area contributed by atoms with Crippen LogP contribution in [0.4, 0.5) is 5.69 Å². The van der Waals surface area contributed by atoms with Crippen LogP contribution >= 0.6 is 0 Å². The molecule has 0 aliphatic carbocycles. The van der Waals surface area contributed by atoms with Gasteiger partial charge in [-0.05, 0) is 38.5 Å². The Bertz CT molecular complexity index is 1320. The Morgan fingerprint density at radius 2 is 1.54 bits per heavy atom. The van der Waals surface area contributed by atoms with E-state index in [1.807, 2.05) is 60.4 Å². The largest absolute Gasteiger partial charge is 0.481 e. The van der Waals surface area contributed by atoms with Crippen LogP contribution in [-0.4, -0.2) is 66.6 Å². The molecule has 0 spiro atoms. The molecule has 2 aromatic carbocycles. The van der Waals surface area contributed by atoms with Crippen molar-refractivity contribution >= 4 is 15.7 Å². The second kappa shape index (κ2) is 11.9. The molecular weight excluding hydrogens is 492 g/mol. The van der Waals surface area contributed by atoms with Gasteiger partial charge >= 0.3 is 5.56 Å². The van der Waals surface area contributed by atoms with Crippen molar-refractivity contribution in [3.63, 3.8) is 0 Å². The monoisotopic (exact) mass is 526 g/mol. The predicted molar refractivity (Wildman–Crippen MR) is 144 cm³/mol. The molecule has 0 N–H and O–H groups in total. The van der Waals surface area contributed by atoms with Crippen molar-refractivity contribution in [3.8, 4) is 11.4 Å². The summed E-state index contributed by atoms with van der Waals surface area (Å²) < 4.78 is 40.0. The highest BCUT2D eigenvalue weighted by atomic mass is 32.2. The molecule has 1 aliphatic rings. The van der Waals surface area contributed by atoms with Crippen LogP contribution in [0.5, 0.6) is 5.75 Å². The van der Waals surface area contributed by atoms with Crippen LogP contribution in [0.25, 0.3) is 5.69 Å². The van der Waals surface area contributed by atoms with E-state index < -0.39 is 21.4 Å². The lowest BCUT2D eigenvalue weighted by Gasteiger charge is -2.36. The third-order valence-electron chi connectivity index (χ3n) is 6.23. The summed E-state index contributed by atoms with van der Waals surface area (Å²) in [4.78, 5) is 15.5. The molecule has 1 aromatic heterocycles. The quantitative estimate of drug-likeness (QED) is 0.401. The van der Waals surface area contributed by atoms with Crippen LogP contribution in [0.3, 0.4) is 0 Å². The number of rotatable bonds is 10. The summed E-state index contributed by atoms with van der Waals surface area (Å²) in [7, 11) is -3.34. The van der Waals surface area contributed by atoms with Gasteiger partial charge in [0, 0.05) is 26.2 Å². The molecule has 1 atom stereocenters. The molecule has 3 aromatic rings. The molecule has 1 aliphatic heterocycles. The van der Waals surface area contributed by atoms with E-state index in [0.717, 1.165) is 5.56 Å². The number of benzene rings is 2. The van der Waals surface area contributed by atoms with Gasteiger partial charge in [-0.15, -0.1) is 0 Å². The van der Waals surface area contributed by atoms with Gasteiger partial charge in [0.15, 0.2) is 0 Å². The van der Waals surface area contributed by atoms with Gasteiger partial charge < -0.3 is 14.4 Å². The van der Waals surface area contributed by atoms with E-state index in [4.69, 9.17) is 9.47 Å². The van der Waals surface area contributed by atoms with Gasteiger partial charge in [-0.25, -0.2) is 8.42 Å². The van der Waals surface area contributed by atoms with Crippen molar-refractivity contribution < 1.29 is 17.9 Å². The Balaban J connectivity index is 1.55. The SMILES string of the molecule is CC(C)S(=O)(=O)N1CCN(c2cnn(-c3ccccc3)c(=O)c2O[C@H](C)COCc2ccccc2)CC1. The number of piperazine rings is 1. The van der Waals surface area contributed by atoms with E-state index in [2.05, 4.69) is 5.10 Å². The van der Waals surface area contributed by atoms with E-state index >= 15 is 0 Å². The lowest BCUT2D eigenvalue weighted by atomic mass is 10.2. The molecule has 37 heavy (non-hydrogen) atoms. The minimum Gasteiger partial charge on any atom is -0.481 e. The average molecular weight is 527 g/mol. The summed E-state index contributed by atoms with van der Waals surface area (Å²) in [6, 6.07) is 19.0. The zero-order valence-corrected chi connectivity index (χ0v) is 22.3. The molecule has 2 heterocycles. The van der Waals surface area contributed by atoms with Crippen LogP contribution < -0.4 is 15.2 Å². The van der Waals surface area contributed by atoms with Crippen molar-refractivity contribution in [3.05, 3.63) is 82.8 Å². The zero-order chi connectivity index (χ0) is 26.4. The van der Waals surface area contributed by atoms with Crippen LogP contribution in [-0.2, 0) is 21.4 Å². The molecule has 10 heteroatoms. The molecule has 4 rings (SSSR count). The third kappa shape index (κ3) is 6.38. The first-order chi connectivity index (χ1) is 17.8. The van der Waals surface area contributed by atoms with Gasteiger partial charge in [-0.1, -0.05) is 48.5 Å². The summed E-state index contributed by atoms with van der Waals surface area (Å²) in [5.41, 5.74) is 1.86. The molecule has 9 nitrogen and oxygen atoms in total. The first-order valence-corrected chi connectivity index (χ1v) is 14.0. The topological polar surface area (TPSA) is 94.0 Å². The number of sulfonamides is 1. The number of nitrogens with zero attached hydrogens (tertiary/aromatic N) is 4. The normalized spacial score (nSPS) is 15.6. The lowest BCUT2D eigenvalue weighted by Crippen LogP contribution is -2.50. The van der Waals surface area contributed by atoms with Crippen LogP contribution in [0.15, 0.2) is 71.7 Å². The van der Waals surface area contributed by atoms with Crippen molar-refractivity contribution in [1.82, 2.24) is 14.1 Å². The highest BCUT2D eigenvalue weighted by molar-refractivity contribution is 7.89.